The fourth-order valence-corrected chi connectivity index (χ4v) is 3.60. The van der Waals surface area contributed by atoms with E-state index in [0.717, 1.165) is 12.0 Å². The van der Waals surface area contributed by atoms with Crippen LogP contribution in [-0.2, 0) is 17.6 Å². The molecule has 0 radical (unpaired) electrons. The van der Waals surface area contributed by atoms with Gasteiger partial charge in [0.25, 0.3) is 5.91 Å². The number of carbonyl (C=O) groups is 1. The molecule has 3 rings (SSSR count). The van der Waals surface area contributed by atoms with Crippen LogP contribution in [0.25, 0.3) is 0 Å². The summed E-state index contributed by atoms with van der Waals surface area (Å²) >= 11 is 0. The summed E-state index contributed by atoms with van der Waals surface area (Å²) in [6, 6.07) is 14.0. The minimum Gasteiger partial charge on any atom is -0.493 e. The molecule has 0 heterocycles. The second-order valence-corrected chi connectivity index (χ2v) is 7.13. The van der Waals surface area contributed by atoms with Crippen molar-refractivity contribution < 1.29 is 14.3 Å². The van der Waals surface area contributed by atoms with Crippen LogP contribution in [0.15, 0.2) is 42.5 Å². The monoisotopic (exact) mass is 367 g/mol. The molecule has 4 heteroatoms. The molecule has 0 aliphatic heterocycles. The van der Waals surface area contributed by atoms with Gasteiger partial charge in [-0.05, 0) is 67.9 Å². The number of methoxy groups -OCH3 is 1. The normalized spacial score (nSPS) is 15.4. The molecule has 1 N–H and O–H groups in total. The van der Waals surface area contributed by atoms with Crippen LogP contribution in [0.5, 0.6) is 11.5 Å². The van der Waals surface area contributed by atoms with Gasteiger partial charge in [-0.2, -0.15) is 0 Å². The first-order valence-corrected chi connectivity index (χ1v) is 9.84. The van der Waals surface area contributed by atoms with Gasteiger partial charge in [0, 0.05) is 0 Å². The number of hydrogen-bond donors (Lipinski definition) is 1. The van der Waals surface area contributed by atoms with Gasteiger partial charge in [-0.25, -0.2) is 0 Å². The van der Waals surface area contributed by atoms with E-state index in [-0.39, 0.29) is 11.9 Å². The Morgan fingerprint density at radius 1 is 1.07 bits per heavy atom. The van der Waals surface area contributed by atoms with Crippen molar-refractivity contribution in [3.05, 3.63) is 59.2 Å². The van der Waals surface area contributed by atoms with E-state index in [9.17, 15) is 4.79 Å². The van der Waals surface area contributed by atoms with Gasteiger partial charge in [-0.15, -0.1) is 0 Å². The highest BCUT2D eigenvalue weighted by Crippen LogP contribution is 2.28. The van der Waals surface area contributed by atoms with Gasteiger partial charge in [-0.3, -0.25) is 4.79 Å². The molecule has 144 valence electrons. The summed E-state index contributed by atoms with van der Waals surface area (Å²) in [6.07, 6.45) is 4.86. The zero-order chi connectivity index (χ0) is 19.2. The summed E-state index contributed by atoms with van der Waals surface area (Å²) < 4.78 is 11.3. The summed E-state index contributed by atoms with van der Waals surface area (Å²) in [5.41, 5.74) is 4.03. The summed E-state index contributed by atoms with van der Waals surface area (Å²) in [5.74, 6) is 1.11. The highest BCUT2D eigenvalue weighted by molar-refractivity contribution is 5.81. The highest BCUT2D eigenvalue weighted by atomic mass is 16.5. The Balaban J connectivity index is 1.67. The zero-order valence-electron chi connectivity index (χ0n) is 16.5. The molecule has 0 bridgehead atoms. The lowest BCUT2D eigenvalue weighted by molar-refractivity contribution is -0.128. The van der Waals surface area contributed by atoms with Crippen LogP contribution < -0.4 is 14.8 Å². The predicted molar refractivity (Wildman–Crippen MR) is 107 cm³/mol. The maximum atomic E-state index is 12.8. The Morgan fingerprint density at radius 3 is 2.48 bits per heavy atom. The van der Waals surface area contributed by atoms with Crippen LogP contribution in [-0.4, -0.2) is 19.1 Å². The summed E-state index contributed by atoms with van der Waals surface area (Å²) in [4.78, 5) is 12.8. The van der Waals surface area contributed by atoms with Crippen molar-refractivity contribution in [2.75, 3.05) is 7.11 Å². The Hall–Kier alpha value is -2.49. The van der Waals surface area contributed by atoms with E-state index in [1.165, 1.54) is 30.4 Å². The molecular weight excluding hydrogens is 338 g/mol. The van der Waals surface area contributed by atoms with Crippen molar-refractivity contribution in [2.24, 2.45) is 0 Å². The van der Waals surface area contributed by atoms with Crippen LogP contribution in [0, 0.1) is 0 Å². The highest BCUT2D eigenvalue weighted by Gasteiger charge is 2.22. The summed E-state index contributed by atoms with van der Waals surface area (Å²) in [5, 5.41) is 3.11. The third-order valence-corrected chi connectivity index (χ3v) is 5.23. The molecule has 0 unspecified atom stereocenters. The van der Waals surface area contributed by atoms with Crippen molar-refractivity contribution in [1.82, 2.24) is 5.32 Å². The van der Waals surface area contributed by atoms with Crippen molar-refractivity contribution in [1.29, 1.82) is 0 Å². The molecule has 0 saturated carbocycles. The van der Waals surface area contributed by atoms with Crippen molar-refractivity contribution >= 4 is 5.91 Å². The third-order valence-electron chi connectivity index (χ3n) is 5.23. The van der Waals surface area contributed by atoms with Gasteiger partial charge in [0.2, 0.25) is 0 Å². The lowest BCUT2D eigenvalue weighted by Crippen LogP contribution is -2.39. The lowest BCUT2D eigenvalue weighted by Gasteiger charge is -2.23. The van der Waals surface area contributed by atoms with E-state index in [1.54, 1.807) is 7.11 Å². The standard InChI is InChI=1S/C23H29NO3/c1-4-20(27-22-12-8-7-11-21(22)26-3)23(25)24-16(2)18-14-13-17-9-5-6-10-19(17)15-18/h7-8,11-16,20H,4-6,9-10H2,1-3H3,(H,24,25)/t16-,20+/m1/s1. The SMILES string of the molecule is CC[C@H](Oc1ccccc1OC)C(=O)N[C@H](C)c1ccc2c(c1)CCCC2. The Labute approximate surface area is 161 Å². The van der Waals surface area contributed by atoms with Gasteiger partial charge >= 0.3 is 0 Å². The number of nitrogens with one attached hydrogen (secondary N) is 1. The number of rotatable bonds is 7. The molecular formula is C23H29NO3. The van der Waals surface area contributed by atoms with E-state index in [4.69, 9.17) is 9.47 Å². The third kappa shape index (κ3) is 4.62. The van der Waals surface area contributed by atoms with Crippen LogP contribution >= 0.6 is 0 Å². The Kier molecular flexibility index (Phi) is 6.38. The van der Waals surface area contributed by atoms with Crippen LogP contribution in [0.4, 0.5) is 0 Å². The lowest BCUT2D eigenvalue weighted by atomic mass is 9.89. The summed E-state index contributed by atoms with van der Waals surface area (Å²) in [7, 11) is 1.60. The topological polar surface area (TPSA) is 47.6 Å². The molecule has 0 spiro atoms. The molecule has 1 aliphatic carbocycles. The number of hydrogen-bond acceptors (Lipinski definition) is 3. The van der Waals surface area contributed by atoms with E-state index in [2.05, 4.69) is 23.5 Å². The molecule has 4 nitrogen and oxygen atoms in total. The van der Waals surface area contributed by atoms with Crippen LogP contribution in [0.1, 0.15) is 55.8 Å². The molecule has 0 saturated heterocycles. The second-order valence-electron chi connectivity index (χ2n) is 7.13. The number of amides is 1. The average molecular weight is 367 g/mol. The largest absolute Gasteiger partial charge is 0.493 e. The quantitative estimate of drug-likeness (QED) is 0.777. The van der Waals surface area contributed by atoms with E-state index >= 15 is 0 Å². The first kappa shape index (κ1) is 19.3. The van der Waals surface area contributed by atoms with Crippen LogP contribution in [0.3, 0.4) is 0 Å². The molecule has 2 aromatic rings. The van der Waals surface area contributed by atoms with Gasteiger partial charge in [0.1, 0.15) is 0 Å². The average Bonchev–Trinajstić information content (AvgIpc) is 2.71. The Bertz CT molecular complexity index is 787. The number of benzene rings is 2. The minimum absolute atomic E-state index is 0.0555. The maximum Gasteiger partial charge on any atom is 0.261 e. The van der Waals surface area contributed by atoms with Gasteiger partial charge in [-0.1, -0.05) is 37.3 Å². The smallest absolute Gasteiger partial charge is 0.261 e. The van der Waals surface area contributed by atoms with Crippen LogP contribution in [0.2, 0.25) is 0 Å². The molecule has 27 heavy (non-hydrogen) atoms. The number of para-hydroxylation sites is 2. The molecule has 0 aromatic heterocycles. The molecule has 1 amide bonds. The van der Waals surface area contributed by atoms with Crippen molar-refractivity contribution in [3.8, 4) is 11.5 Å². The summed E-state index contributed by atoms with van der Waals surface area (Å²) in [6.45, 7) is 3.97. The first-order valence-electron chi connectivity index (χ1n) is 9.84. The predicted octanol–water partition coefficient (Wildman–Crippen LogP) is 4.61. The van der Waals surface area contributed by atoms with E-state index in [0.29, 0.717) is 17.9 Å². The molecule has 1 aliphatic rings. The van der Waals surface area contributed by atoms with Crippen molar-refractivity contribution in [2.45, 2.75) is 58.1 Å². The molecule has 2 aromatic carbocycles. The van der Waals surface area contributed by atoms with Gasteiger partial charge < -0.3 is 14.8 Å². The zero-order valence-corrected chi connectivity index (χ0v) is 16.5. The van der Waals surface area contributed by atoms with E-state index in [1.807, 2.05) is 38.1 Å². The van der Waals surface area contributed by atoms with Gasteiger partial charge in [0.05, 0.1) is 13.2 Å². The number of ether oxygens (including phenoxy) is 2. The van der Waals surface area contributed by atoms with Gasteiger partial charge in [0.15, 0.2) is 17.6 Å². The minimum atomic E-state index is -0.554. The Morgan fingerprint density at radius 2 is 1.78 bits per heavy atom. The fourth-order valence-electron chi connectivity index (χ4n) is 3.60. The van der Waals surface area contributed by atoms with E-state index < -0.39 is 6.10 Å². The number of carbonyl (C=O) groups excluding carboxylic acids is 1. The second kappa shape index (κ2) is 8.94. The number of fused-ring (bicyclic) bond motifs is 1. The number of aryl methyl sites for hydroxylation is 2. The molecule has 0 fully saturated rings. The maximum absolute atomic E-state index is 12.8. The fraction of sp³-hybridized carbons (Fsp3) is 0.435. The van der Waals surface area contributed by atoms with Crippen molar-refractivity contribution in [3.63, 3.8) is 0 Å². The molecule has 2 atom stereocenters. The first-order chi connectivity index (χ1) is 13.1.